The van der Waals surface area contributed by atoms with Crippen molar-refractivity contribution in [3.63, 3.8) is 0 Å². The van der Waals surface area contributed by atoms with Gasteiger partial charge in [0.05, 0.1) is 7.11 Å². The molecular formula is C15H24N2O. The number of benzene rings is 1. The number of hydrogen-bond donors (Lipinski definition) is 1. The van der Waals surface area contributed by atoms with Gasteiger partial charge in [-0.25, -0.2) is 0 Å². The maximum atomic E-state index is 6.32. The molecule has 0 spiro atoms. The van der Waals surface area contributed by atoms with Crippen LogP contribution in [0.25, 0.3) is 0 Å². The van der Waals surface area contributed by atoms with Crippen LogP contribution in [0.2, 0.25) is 0 Å². The third-order valence-electron chi connectivity index (χ3n) is 4.06. The van der Waals surface area contributed by atoms with Crippen LogP contribution in [0.15, 0.2) is 24.3 Å². The third kappa shape index (κ3) is 2.85. The van der Waals surface area contributed by atoms with E-state index in [2.05, 4.69) is 24.8 Å². The molecule has 3 heteroatoms. The van der Waals surface area contributed by atoms with Gasteiger partial charge in [-0.1, -0.05) is 32.0 Å². The lowest BCUT2D eigenvalue weighted by atomic mass is 10.0. The van der Waals surface area contributed by atoms with Gasteiger partial charge < -0.3 is 15.4 Å². The zero-order valence-corrected chi connectivity index (χ0v) is 11.6. The Balaban J connectivity index is 2.01. The Bertz CT molecular complexity index is 384. The molecule has 1 aliphatic heterocycles. The van der Waals surface area contributed by atoms with Crippen LogP contribution in [0.3, 0.4) is 0 Å². The number of rotatable bonds is 4. The maximum Gasteiger partial charge on any atom is 0.123 e. The second kappa shape index (κ2) is 5.72. The first kappa shape index (κ1) is 13.4. The highest BCUT2D eigenvalue weighted by atomic mass is 16.5. The molecule has 0 radical (unpaired) electrons. The molecule has 1 aliphatic rings. The van der Waals surface area contributed by atoms with E-state index in [1.165, 1.54) is 0 Å². The molecule has 100 valence electrons. The summed E-state index contributed by atoms with van der Waals surface area (Å²) < 4.78 is 5.37. The summed E-state index contributed by atoms with van der Waals surface area (Å²) in [5.74, 6) is 2.44. The molecule has 3 atom stereocenters. The van der Waals surface area contributed by atoms with Gasteiger partial charge in [0.15, 0.2) is 0 Å². The number of nitrogens with two attached hydrogens (primary N) is 1. The van der Waals surface area contributed by atoms with Gasteiger partial charge in [0.1, 0.15) is 5.75 Å². The highest BCUT2D eigenvalue weighted by molar-refractivity contribution is 5.35. The van der Waals surface area contributed by atoms with Gasteiger partial charge in [0.25, 0.3) is 0 Å². The van der Waals surface area contributed by atoms with Gasteiger partial charge in [-0.2, -0.15) is 0 Å². The molecule has 2 rings (SSSR count). The van der Waals surface area contributed by atoms with Gasteiger partial charge in [0, 0.05) is 31.2 Å². The van der Waals surface area contributed by atoms with Crippen LogP contribution in [0, 0.1) is 11.8 Å². The van der Waals surface area contributed by atoms with Crippen LogP contribution < -0.4 is 10.5 Å². The Kier molecular flexibility index (Phi) is 4.25. The van der Waals surface area contributed by atoms with Crippen molar-refractivity contribution in [2.45, 2.75) is 19.9 Å². The van der Waals surface area contributed by atoms with Gasteiger partial charge in [-0.05, 0) is 17.9 Å². The zero-order chi connectivity index (χ0) is 13.1. The summed E-state index contributed by atoms with van der Waals surface area (Å²) in [7, 11) is 1.70. The minimum absolute atomic E-state index is 0.0265. The van der Waals surface area contributed by atoms with Crippen molar-refractivity contribution in [2.24, 2.45) is 17.6 Å². The molecule has 1 aromatic carbocycles. The summed E-state index contributed by atoms with van der Waals surface area (Å²) in [6.45, 7) is 7.86. The minimum atomic E-state index is 0.0265. The second-order valence-electron chi connectivity index (χ2n) is 5.52. The van der Waals surface area contributed by atoms with Crippen LogP contribution in [0.1, 0.15) is 25.5 Å². The fourth-order valence-corrected chi connectivity index (χ4v) is 2.75. The first-order chi connectivity index (χ1) is 8.61. The summed E-state index contributed by atoms with van der Waals surface area (Å²) in [5.41, 5.74) is 7.42. The van der Waals surface area contributed by atoms with E-state index in [0.29, 0.717) is 0 Å². The fraction of sp³-hybridized carbons (Fsp3) is 0.600. The van der Waals surface area contributed by atoms with Crippen molar-refractivity contribution in [1.29, 1.82) is 0 Å². The monoisotopic (exact) mass is 248 g/mol. The van der Waals surface area contributed by atoms with Crippen LogP contribution in [-0.4, -0.2) is 31.6 Å². The van der Waals surface area contributed by atoms with Crippen LogP contribution in [0.5, 0.6) is 5.75 Å². The van der Waals surface area contributed by atoms with E-state index >= 15 is 0 Å². The lowest BCUT2D eigenvalue weighted by molar-refractivity contribution is 0.299. The molecule has 0 bridgehead atoms. The van der Waals surface area contributed by atoms with Crippen molar-refractivity contribution >= 4 is 0 Å². The average Bonchev–Trinajstić information content (AvgIpc) is 2.68. The summed E-state index contributed by atoms with van der Waals surface area (Å²) in [6, 6.07) is 8.07. The molecule has 3 nitrogen and oxygen atoms in total. The highest BCUT2D eigenvalue weighted by Gasteiger charge is 2.27. The first-order valence-corrected chi connectivity index (χ1v) is 6.72. The molecule has 0 amide bonds. The first-order valence-electron chi connectivity index (χ1n) is 6.72. The lowest BCUT2D eigenvalue weighted by Crippen LogP contribution is -2.31. The Morgan fingerprint density at radius 2 is 1.89 bits per heavy atom. The standard InChI is InChI=1S/C15H24N2O/c1-11-8-17(9-12(11)2)10-14(16)13-6-4-5-7-15(13)18-3/h4-7,11-12,14H,8-10,16H2,1-3H3. The van der Waals surface area contributed by atoms with Crippen molar-refractivity contribution < 1.29 is 4.74 Å². The molecular weight excluding hydrogens is 224 g/mol. The van der Waals surface area contributed by atoms with E-state index in [1.807, 2.05) is 18.2 Å². The number of ether oxygens (including phenoxy) is 1. The minimum Gasteiger partial charge on any atom is -0.496 e. The van der Waals surface area contributed by atoms with Crippen LogP contribution in [-0.2, 0) is 0 Å². The maximum absolute atomic E-state index is 6.32. The van der Waals surface area contributed by atoms with E-state index in [4.69, 9.17) is 10.5 Å². The highest BCUT2D eigenvalue weighted by Crippen LogP contribution is 2.27. The Morgan fingerprint density at radius 3 is 2.50 bits per heavy atom. The van der Waals surface area contributed by atoms with Crippen LogP contribution >= 0.6 is 0 Å². The number of hydrogen-bond acceptors (Lipinski definition) is 3. The van der Waals surface area contributed by atoms with E-state index < -0.39 is 0 Å². The van der Waals surface area contributed by atoms with Crippen molar-refractivity contribution in [2.75, 3.05) is 26.7 Å². The Morgan fingerprint density at radius 1 is 1.28 bits per heavy atom. The molecule has 1 fully saturated rings. The quantitative estimate of drug-likeness (QED) is 0.888. The zero-order valence-electron chi connectivity index (χ0n) is 11.6. The molecule has 1 saturated heterocycles. The fourth-order valence-electron chi connectivity index (χ4n) is 2.75. The predicted octanol–water partition coefficient (Wildman–Crippen LogP) is 2.28. The SMILES string of the molecule is COc1ccccc1C(N)CN1CC(C)C(C)C1. The van der Waals surface area contributed by atoms with Gasteiger partial charge in [-0.3, -0.25) is 0 Å². The largest absolute Gasteiger partial charge is 0.496 e. The smallest absolute Gasteiger partial charge is 0.123 e. The molecule has 1 heterocycles. The molecule has 0 saturated carbocycles. The summed E-state index contributed by atoms with van der Waals surface area (Å²) in [4.78, 5) is 2.46. The van der Waals surface area contributed by atoms with E-state index in [-0.39, 0.29) is 6.04 Å². The Hall–Kier alpha value is -1.06. The lowest BCUT2D eigenvalue weighted by Gasteiger charge is -2.22. The molecule has 3 unspecified atom stereocenters. The molecule has 1 aromatic rings. The van der Waals surface area contributed by atoms with E-state index in [1.54, 1.807) is 7.11 Å². The summed E-state index contributed by atoms with van der Waals surface area (Å²) in [5, 5.41) is 0. The van der Waals surface area contributed by atoms with Crippen molar-refractivity contribution in [3.8, 4) is 5.75 Å². The second-order valence-corrected chi connectivity index (χ2v) is 5.52. The Labute approximate surface area is 110 Å². The molecule has 0 aromatic heterocycles. The van der Waals surface area contributed by atoms with Gasteiger partial charge in [0.2, 0.25) is 0 Å². The summed E-state index contributed by atoms with van der Waals surface area (Å²) in [6.07, 6.45) is 0. The van der Waals surface area contributed by atoms with Crippen molar-refractivity contribution in [1.82, 2.24) is 4.90 Å². The van der Waals surface area contributed by atoms with Gasteiger partial charge in [-0.15, -0.1) is 0 Å². The van der Waals surface area contributed by atoms with Gasteiger partial charge >= 0.3 is 0 Å². The van der Waals surface area contributed by atoms with Crippen LogP contribution in [0.4, 0.5) is 0 Å². The van der Waals surface area contributed by atoms with Crippen molar-refractivity contribution in [3.05, 3.63) is 29.8 Å². The number of likely N-dealkylation sites (tertiary alicyclic amines) is 1. The number of para-hydroxylation sites is 1. The summed E-state index contributed by atoms with van der Waals surface area (Å²) >= 11 is 0. The topological polar surface area (TPSA) is 38.5 Å². The normalized spacial score (nSPS) is 26.2. The molecule has 0 aliphatic carbocycles. The van der Waals surface area contributed by atoms with E-state index in [0.717, 1.165) is 42.8 Å². The number of nitrogens with zero attached hydrogens (tertiary/aromatic N) is 1. The van der Waals surface area contributed by atoms with E-state index in [9.17, 15) is 0 Å². The molecule has 18 heavy (non-hydrogen) atoms. The molecule has 2 N–H and O–H groups in total. The third-order valence-corrected chi connectivity index (χ3v) is 4.06. The number of methoxy groups -OCH3 is 1. The predicted molar refractivity (Wildman–Crippen MR) is 74.7 cm³/mol. The average molecular weight is 248 g/mol.